The molecule has 7 nitrogen and oxygen atoms in total. The first kappa shape index (κ1) is 14.0. The van der Waals surface area contributed by atoms with Crippen molar-refractivity contribution in [1.82, 2.24) is 20.0 Å². The molecular weight excluding hydrogens is 272 g/mol. The molecule has 0 bridgehead atoms. The van der Waals surface area contributed by atoms with Crippen LogP contribution in [0.2, 0.25) is 0 Å². The van der Waals surface area contributed by atoms with Crippen LogP contribution in [0.25, 0.3) is 12.2 Å². The van der Waals surface area contributed by atoms with E-state index in [1.165, 1.54) is 0 Å². The Hall–Kier alpha value is -1.99. The van der Waals surface area contributed by atoms with Gasteiger partial charge in [-0.25, -0.2) is 0 Å². The second-order valence-electron chi connectivity index (χ2n) is 4.85. The highest BCUT2D eigenvalue weighted by Gasteiger charge is 2.42. The van der Waals surface area contributed by atoms with Crippen LogP contribution in [0.4, 0.5) is 0 Å². The molecule has 1 fully saturated rings. The molecule has 1 aliphatic heterocycles. The number of nitrogens with zero attached hydrogens (tertiary/aromatic N) is 4. The van der Waals surface area contributed by atoms with Crippen molar-refractivity contribution in [2.24, 2.45) is 0 Å². The van der Waals surface area contributed by atoms with Crippen molar-refractivity contribution in [1.29, 1.82) is 0 Å². The van der Waals surface area contributed by atoms with Crippen molar-refractivity contribution >= 4 is 12.2 Å². The van der Waals surface area contributed by atoms with Gasteiger partial charge >= 0.3 is 0 Å². The molecule has 0 saturated carbocycles. The van der Waals surface area contributed by atoms with Crippen molar-refractivity contribution in [3.8, 4) is 0 Å². The first-order valence-corrected chi connectivity index (χ1v) is 6.94. The van der Waals surface area contributed by atoms with Gasteiger partial charge in [0.2, 0.25) is 5.89 Å². The lowest BCUT2D eigenvalue weighted by molar-refractivity contribution is -0.0412. The Balaban J connectivity index is 1.79. The van der Waals surface area contributed by atoms with Crippen LogP contribution < -0.4 is 0 Å². The molecule has 0 radical (unpaired) electrons. The maximum atomic E-state index is 5.69. The normalized spacial score (nSPS) is 22.4. The maximum Gasteiger partial charge on any atom is 0.251 e. The SMILES string of the molecule is CCn1nccc1/C=C/c1nnc(C2(OC)CCOC2)o1. The Labute approximate surface area is 122 Å². The molecule has 0 N–H and O–H groups in total. The van der Waals surface area contributed by atoms with Crippen molar-refractivity contribution in [3.05, 3.63) is 29.7 Å². The molecule has 1 aliphatic rings. The summed E-state index contributed by atoms with van der Waals surface area (Å²) in [5.74, 6) is 0.906. The molecule has 0 aromatic carbocycles. The van der Waals surface area contributed by atoms with E-state index in [9.17, 15) is 0 Å². The van der Waals surface area contributed by atoms with Crippen molar-refractivity contribution in [2.75, 3.05) is 20.3 Å². The van der Waals surface area contributed by atoms with E-state index < -0.39 is 5.60 Å². The van der Waals surface area contributed by atoms with Gasteiger partial charge in [0.05, 0.1) is 18.9 Å². The third-order valence-electron chi connectivity index (χ3n) is 3.65. The van der Waals surface area contributed by atoms with Crippen LogP contribution in [0.1, 0.15) is 30.8 Å². The molecule has 3 heterocycles. The van der Waals surface area contributed by atoms with Crippen molar-refractivity contribution in [3.63, 3.8) is 0 Å². The van der Waals surface area contributed by atoms with E-state index >= 15 is 0 Å². The topological polar surface area (TPSA) is 75.2 Å². The highest BCUT2D eigenvalue weighted by Crippen LogP contribution is 2.32. The van der Waals surface area contributed by atoms with E-state index in [1.807, 2.05) is 23.7 Å². The Bertz CT molecular complexity index is 626. The average Bonchev–Trinajstić information content (AvgIpc) is 3.24. The quantitative estimate of drug-likeness (QED) is 0.834. The van der Waals surface area contributed by atoms with Gasteiger partial charge in [0.1, 0.15) is 0 Å². The van der Waals surface area contributed by atoms with Gasteiger partial charge in [-0.2, -0.15) is 5.10 Å². The zero-order valence-electron chi connectivity index (χ0n) is 12.2. The third kappa shape index (κ3) is 2.62. The molecule has 2 aromatic rings. The molecule has 0 amide bonds. The zero-order chi connectivity index (χ0) is 14.7. The van der Waals surface area contributed by atoms with Gasteiger partial charge in [-0.05, 0) is 19.1 Å². The first-order valence-electron chi connectivity index (χ1n) is 6.94. The Morgan fingerprint density at radius 2 is 2.33 bits per heavy atom. The van der Waals surface area contributed by atoms with Crippen LogP contribution >= 0.6 is 0 Å². The molecule has 3 rings (SSSR count). The first-order chi connectivity index (χ1) is 10.3. The second-order valence-corrected chi connectivity index (χ2v) is 4.85. The summed E-state index contributed by atoms with van der Waals surface area (Å²) in [5, 5.41) is 12.3. The minimum absolute atomic E-state index is 0.442. The van der Waals surface area contributed by atoms with Crippen LogP contribution in [-0.2, 0) is 21.6 Å². The van der Waals surface area contributed by atoms with Gasteiger partial charge in [0.15, 0.2) is 5.60 Å². The number of methoxy groups -OCH3 is 1. The molecule has 1 atom stereocenters. The Kier molecular flexibility index (Phi) is 3.85. The van der Waals surface area contributed by atoms with Gasteiger partial charge in [-0.15, -0.1) is 10.2 Å². The lowest BCUT2D eigenvalue weighted by atomic mass is 10.0. The lowest BCUT2D eigenvalue weighted by Crippen LogP contribution is -2.29. The number of hydrogen-bond donors (Lipinski definition) is 0. The summed E-state index contributed by atoms with van der Waals surface area (Å²) in [6, 6.07) is 1.93. The Morgan fingerprint density at radius 3 is 3.05 bits per heavy atom. The van der Waals surface area contributed by atoms with E-state index in [2.05, 4.69) is 15.3 Å². The van der Waals surface area contributed by atoms with Gasteiger partial charge in [0, 0.05) is 32.3 Å². The van der Waals surface area contributed by atoms with E-state index in [0.29, 0.717) is 25.0 Å². The number of aryl methyl sites for hydroxylation is 1. The fourth-order valence-electron chi connectivity index (χ4n) is 2.35. The predicted octanol–water partition coefficient (Wildman–Crippen LogP) is 1.72. The molecule has 1 unspecified atom stereocenters. The zero-order valence-corrected chi connectivity index (χ0v) is 12.2. The summed E-state index contributed by atoms with van der Waals surface area (Å²) in [6.07, 6.45) is 6.16. The van der Waals surface area contributed by atoms with Crippen molar-refractivity contribution < 1.29 is 13.9 Å². The van der Waals surface area contributed by atoms with Crippen LogP contribution in [0.3, 0.4) is 0 Å². The monoisotopic (exact) mass is 290 g/mol. The summed E-state index contributed by atoms with van der Waals surface area (Å²) < 4.78 is 18.5. The number of hydrogen-bond acceptors (Lipinski definition) is 6. The second kappa shape index (κ2) is 5.79. The number of rotatable bonds is 5. The average molecular weight is 290 g/mol. The van der Waals surface area contributed by atoms with Gasteiger partial charge in [0.25, 0.3) is 5.89 Å². The summed E-state index contributed by atoms with van der Waals surface area (Å²) in [6.45, 7) is 3.93. The van der Waals surface area contributed by atoms with Crippen LogP contribution in [0.15, 0.2) is 16.7 Å². The summed E-state index contributed by atoms with van der Waals surface area (Å²) >= 11 is 0. The number of aromatic nitrogens is 4. The van der Waals surface area contributed by atoms with Crippen LogP contribution in [0, 0.1) is 0 Å². The highest BCUT2D eigenvalue weighted by molar-refractivity contribution is 5.63. The predicted molar refractivity (Wildman–Crippen MR) is 75.3 cm³/mol. The smallest absolute Gasteiger partial charge is 0.251 e. The van der Waals surface area contributed by atoms with E-state index in [-0.39, 0.29) is 0 Å². The van der Waals surface area contributed by atoms with E-state index in [0.717, 1.165) is 18.7 Å². The third-order valence-corrected chi connectivity index (χ3v) is 3.65. The lowest BCUT2D eigenvalue weighted by Gasteiger charge is -2.20. The Morgan fingerprint density at radius 1 is 1.43 bits per heavy atom. The minimum Gasteiger partial charge on any atom is -0.418 e. The summed E-state index contributed by atoms with van der Waals surface area (Å²) in [4.78, 5) is 0. The number of ether oxygens (including phenoxy) is 2. The molecule has 21 heavy (non-hydrogen) atoms. The molecule has 0 aliphatic carbocycles. The molecule has 2 aromatic heterocycles. The summed E-state index contributed by atoms with van der Waals surface area (Å²) in [5.41, 5.74) is 0.382. The van der Waals surface area contributed by atoms with Crippen LogP contribution in [-0.4, -0.2) is 40.3 Å². The summed E-state index contributed by atoms with van der Waals surface area (Å²) in [7, 11) is 1.63. The van der Waals surface area contributed by atoms with E-state index in [1.54, 1.807) is 19.4 Å². The largest absolute Gasteiger partial charge is 0.418 e. The molecule has 0 spiro atoms. The van der Waals surface area contributed by atoms with E-state index in [4.69, 9.17) is 13.9 Å². The van der Waals surface area contributed by atoms with Crippen molar-refractivity contribution in [2.45, 2.75) is 25.5 Å². The fraction of sp³-hybridized carbons (Fsp3) is 0.500. The minimum atomic E-state index is -0.607. The molecule has 1 saturated heterocycles. The van der Waals surface area contributed by atoms with Gasteiger partial charge in [-0.1, -0.05) is 0 Å². The van der Waals surface area contributed by atoms with Crippen LogP contribution in [0.5, 0.6) is 0 Å². The maximum absolute atomic E-state index is 5.69. The molecule has 112 valence electrons. The standard InChI is InChI=1S/C14H18N4O3/c1-3-18-11(6-8-15-18)4-5-12-16-17-13(21-12)14(19-2)7-9-20-10-14/h4-6,8H,3,7,9-10H2,1-2H3/b5-4+. The molecular formula is C14H18N4O3. The van der Waals surface area contributed by atoms with Gasteiger partial charge < -0.3 is 13.9 Å². The highest BCUT2D eigenvalue weighted by atomic mass is 16.6. The molecule has 7 heteroatoms. The van der Waals surface area contributed by atoms with Gasteiger partial charge in [-0.3, -0.25) is 4.68 Å². The fourth-order valence-corrected chi connectivity index (χ4v) is 2.35.